The molecule has 0 aromatic heterocycles. The van der Waals surface area contributed by atoms with Crippen LogP contribution in [0.1, 0.15) is 51.4 Å². The lowest BCUT2D eigenvalue weighted by molar-refractivity contribution is -0.143. The number of carboxylic acid groups (broad SMARTS) is 2. The number of amides is 5. The topological polar surface area (TPSA) is 282 Å². The van der Waals surface area contributed by atoms with E-state index in [1.807, 2.05) is 0 Å². The van der Waals surface area contributed by atoms with Gasteiger partial charge in [0.15, 0.2) is 0 Å². The fourth-order valence-electron chi connectivity index (χ4n) is 4.57. The van der Waals surface area contributed by atoms with Gasteiger partial charge in [0.1, 0.15) is 48.6 Å². The Kier molecular flexibility index (Phi) is 32.5. The largest absolute Gasteiger partial charge is 0.481 e. The molecule has 0 unspecified atom stereocenters. The second kappa shape index (κ2) is 34.6. The summed E-state index contributed by atoms with van der Waals surface area (Å²) in [7, 11) is 0. The van der Waals surface area contributed by atoms with E-state index >= 15 is 0 Å². The molecule has 0 aromatic carbocycles. The molecule has 0 aliphatic rings. The summed E-state index contributed by atoms with van der Waals surface area (Å²) in [5, 5.41) is 28.7. The number of carbonyl (C=O) groups is 9. The Bertz CT molecular complexity index is 1260. The van der Waals surface area contributed by atoms with Crippen molar-refractivity contribution in [2.75, 3.05) is 96.1 Å². The van der Waals surface area contributed by atoms with Crippen molar-refractivity contribution >= 4 is 92.2 Å². The fraction of sp³-hybridized carbons (Fsp3) is 0.735. The molecule has 20 nitrogen and oxygen atoms in total. The molecule has 0 heterocycles. The molecule has 0 spiro atoms. The number of rotatable bonds is 37. The van der Waals surface area contributed by atoms with Gasteiger partial charge in [-0.15, -0.1) is 23.2 Å². The summed E-state index contributed by atoms with van der Waals surface area (Å²) in [6.07, 6.45) is 0.470. The SMILES string of the molecule is O=C(O)CC[C@H](NC(=O)COCCOCCCC(=O)CC[C@@H](NC(=O)COCCOCCCC(=O)CBr)C(=O)O)C(=O)N(CCNC(=O)CCl)CCNC(=O)CCl. The first kappa shape index (κ1) is 53.5. The van der Waals surface area contributed by atoms with Crippen LogP contribution in [0.4, 0.5) is 0 Å². The highest BCUT2D eigenvalue weighted by Crippen LogP contribution is 2.06. The Hall–Kier alpha value is -3.47. The molecule has 6 N–H and O–H groups in total. The van der Waals surface area contributed by atoms with Crippen LogP contribution in [0.25, 0.3) is 0 Å². The van der Waals surface area contributed by atoms with E-state index in [2.05, 4.69) is 37.2 Å². The summed E-state index contributed by atoms with van der Waals surface area (Å²) in [6, 6.07) is -2.54. The van der Waals surface area contributed by atoms with Gasteiger partial charge in [0.05, 0.1) is 31.8 Å². The van der Waals surface area contributed by atoms with Crippen LogP contribution in [-0.2, 0) is 62.1 Å². The van der Waals surface area contributed by atoms with Crippen molar-refractivity contribution in [2.45, 2.75) is 63.5 Å². The molecular weight excluding hydrogens is 869 g/mol. The molecule has 0 bridgehead atoms. The van der Waals surface area contributed by atoms with E-state index in [-0.39, 0.29) is 108 Å². The van der Waals surface area contributed by atoms with E-state index < -0.39 is 73.2 Å². The lowest BCUT2D eigenvalue weighted by Crippen LogP contribution is -2.52. The summed E-state index contributed by atoms with van der Waals surface area (Å²) in [5.41, 5.74) is 0. The second-order valence-electron chi connectivity index (χ2n) is 12.1. The van der Waals surface area contributed by atoms with Gasteiger partial charge in [-0.3, -0.25) is 38.4 Å². The molecule has 5 amide bonds. The first-order valence-electron chi connectivity index (χ1n) is 18.1. The van der Waals surface area contributed by atoms with Crippen LogP contribution >= 0.6 is 39.1 Å². The van der Waals surface area contributed by atoms with Crippen LogP contribution in [0, 0.1) is 0 Å². The number of aliphatic carboxylic acids is 2. The van der Waals surface area contributed by atoms with Crippen molar-refractivity contribution in [2.24, 2.45) is 0 Å². The maximum Gasteiger partial charge on any atom is 0.326 e. The summed E-state index contributed by atoms with van der Waals surface area (Å²) in [5.74, 6) is -6.25. The zero-order valence-electron chi connectivity index (χ0n) is 31.7. The van der Waals surface area contributed by atoms with Crippen molar-refractivity contribution in [1.82, 2.24) is 26.2 Å². The highest BCUT2D eigenvalue weighted by atomic mass is 79.9. The third kappa shape index (κ3) is 30.3. The molecular formula is C34H54BrCl2N5O15. The number of alkyl halides is 3. The zero-order valence-corrected chi connectivity index (χ0v) is 34.8. The van der Waals surface area contributed by atoms with Gasteiger partial charge in [-0.25, -0.2) is 4.79 Å². The summed E-state index contributed by atoms with van der Waals surface area (Å²) in [4.78, 5) is 109. The van der Waals surface area contributed by atoms with Crippen LogP contribution < -0.4 is 21.3 Å². The first-order chi connectivity index (χ1) is 27.2. The smallest absolute Gasteiger partial charge is 0.326 e. The molecule has 57 heavy (non-hydrogen) atoms. The highest BCUT2D eigenvalue weighted by Gasteiger charge is 2.27. The third-order valence-electron chi connectivity index (χ3n) is 7.44. The van der Waals surface area contributed by atoms with E-state index in [9.17, 15) is 48.3 Å². The molecule has 23 heteroatoms. The molecule has 0 radical (unpaired) electrons. The van der Waals surface area contributed by atoms with E-state index in [0.717, 1.165) is 0 Å². The van der Waals surface area contributed by atoms with Gasteiger partial charge in [0, 0.05) is 65.1 Å². The Morgan fingerprint density at radius 3 is 1.49 bits per heavy atom. The normalized spacial score (nSPS) is 11.8. The average Bonchev–Trinajstić information content (AvgIpc) is 3.18. The Labute approximate surface area is 349 Å². The average molecular weight is 924 g/mol. The van der Waals surface area contributed by atoms with E-state index in [4.69, 9.17) is 47.3 Å². The van der Waals surface area contributed by atoms with Gasteiger partial charge < -0.3 is 55.3 Å². The van der Waals surface area contributed by atoms with E-state index in [1.54, 1.807) is 0 Å². The highest BCUT2D eigenvalue weighted by molar-refractivity contribution is 9.09. The van der Waals surface area contributed by atoms with Crippen LogP contribution in [0.15, 0.2) is 0 Å². The molecule has 0 aliphatic carbocycles. The van der Waals surface area contributed by atoms with Gasteiger partial charge >= 0.3 is 11.9 Å². The van der Waals surface area contributed by atoms with Crippen LogP contribution in [0.3, 0.4) is 0 Å². The minimum absolute atomic E-state index is 0.00245. The molecule has 0 saturated heterocycles. The maximum absolute atomic E-state index is 13.3. The number of carbonyl (C=O) groups excluding carboxylic acids is 7. The first-order valence-corrected chi connectivity index (χ1v) is 20.3. The number of ether oxygens (including phenoxy) is 4. The predicted molar refractivity (Wildman–Crippen MR) is 207 cm³/mol. The predicted octanol–water partition coefficient (Wildman–Crippen LogP) is -0.616. The standard InChI is InChI=1S/C34H54BrCl2N5O15/c35-19-25(44)4-2-14-55-16-18-57-23-31(48)41-27(34(52)53)6-5-24(43)3-1-13-54-15-17-56-22-30(47)40-26(7-8-32(49)50)33(51)42(11-9-38-28(45)20-36)12-10-39-29(46)21-37/h26-27H,1-23H2,(H,38,45)(H,39,46)(H,40,47)(H,41,48)(H,49,50)(H,52,53)/t26-,27+/m0/s1. The Balaban J connectivity index is 4.52. The van der Waals surface area contributed by atoms with Gasteiger partial charge in [-0.05, 0) is 25.7 Å². The number of carboxylic acids is 2. The number of halogens is 3. The van der Waals surface area contributed by atoms with Crippen LogP contribution in [0.2, 0.25) is 0 Å². The number of Topliss-reactive ketones (excluding diaryl/α,β-unsaturated/α-hetero) is 2. The lowest BCUT2D eigenvalue weighted by atomic mass is 10.1. The monoisotopic (exact) mass is 921 g/mol. The molecule has 326 valence electrons. The van der Waals surface area contributed by atoms with Gasteiger partial charge in [0.25, 0.3) is 0 Å². The maximum atomic E-state index is 13.3. The quantitative estimate of drug-likeness (QED) is 0.0335. The van der Waals surface area contributed by atoms with Crippen LogP contribution in [-0.4, -0.2) is 176 Å². The number of ketones is 2. The molecule has 0 aromatic rings. The Morgan fingerprint density at radius 1 is 0.579 bits per heavy atom. The number of hydrogen-bond acceptors (Lipinski definition) is 13. The zero-order chi connectivity index (χ0) is 42.8. The minimum Gasteiger partial charge on any atom is -0.481 e. The fourth-order valence-corrected chi connectivity index (χ4v) is 5.04. The van der Waals surface area contributed by atoms with Gasteiger partial charge in [0.2, 0.25) is 29.5 Å². The lowest BCUT2D eigenvalue weighted by Gasteiger charge is -2.28. The Morgan fingerprint density at radius 2 is 1.04 bits per heavy atom. The van der Waals surface area contributed by atoms with Gasteiger partial charge in [-0.1, -0.05) is 15.9 Å². The van der Waals surface area contributed by atoms with E-state index in [1.165, 1.54) is 4.90 Å². The summed E-state index contributed by atoms with van der Waals surface area (Å²) in [6.45, 7) is -0.0879. The van der Waals surface area contributed by atoms with Crippen molar-refractivity contribution < 1.29 is 72.3 Å². The van der Waals surface area contributed by atoms with Crippen molar-refractivity contribution in [3.8, 4) is 0 Å². The molecule has 2 atom stereocenters. The number of nitrogens with zero attached hydrogens (tertiary/aromatic N) is 1. The van der Waals surface area contributed by atoms with Crippen molar-refractivity contribution in [3.05, 3.63) is 0 Å². The molecule has 0 saturated carbocycles. The number of hydrogen-bond donors (Lipinski definition) is 6. The molecule has 0 rings (SSSR count). The van der Waals surface area contributed by atoms with Crippen LogP contribution in [0.5, 0.6) is 0 Å². The minimum atomic E-state index is -1.30. The summed E-state index contributed by atoms with van der Waals surface area (Å²) < 4.78 is 21.2. The van der Waals surface area contributed by atoms with E-state index in [0.29, 0.717) is 31.2 Å². The molecule has 0 fully saturated rings. The molecule has 0 aliphatic heterocycles. The van der Waals surface area contributed by atoms with Crippen molar-refractivity contribution in [1.29, 1.82) is 0 Å². The summed E-state index contributed by atoms with van der Waals surface area (Å²) >= 11 is 14.0. The second-order valence-corrected chi connectivity index (χ2v) is 13.2. The number of nitrogens with one attached hydrogen (secondary N) is 4. The third-order valence-corrected chi connectivity index (χ3v) is 8.55. The van der Waals surface area contributed by atoms with Gasteiger partial charge in [-0.2, -0.15) is 0 Å². The van der Waals surface area contributed by atoms with Crippen molar-refractivity contribution in [3.63, 3.8) is 0 Å².